The van der Waals surface area contributed by atoms with E-state index in [4.69, 9.17) is 40.6 Å². The first-order chi connectivity index (χ1) is 49.1. The Morgan fingerprint density at radius 1 is 0.581 bits per heavy atom. The van der Waals surface area contributed by atoms with Crippen LogP contribution in [0.3, 0.4) is 0 Å². The molecule has 582 valence electrons. The number of carboxylic acid groups (broad SMARTS) is 1. The molecule has 2 amide bonds. The summed E-state index contributed by atoms with van der Waals surface area (Å²) in [5.74, 6) is -1.38. The first kappa shape index (κ1) is 100.0. The minimum atomic E-state index is -1.14. The van der Waals surface area contributed by atoms with Crippen LogP contribution >= 0.6 is 47.1 Å². The first-order valence-electron chi connectivity index (χ1n) is 36.9. The van der Waals surface area contributed by atoms with Crippen LogP contribution in [-0.4, -0.2) is 126 Å². The van der Waals surface area contributed by atoms with Crippen molar-refractivity contribution in [2.24, 2.45) is 34.0 Å². The number of likely N-dealkylation sites (N-methyl/N-ethyl adjacent to an activating group) is 2. The zero-order valence-electron chi connectivity index (χ0n) is 66.7. The molecule has 19 nitrogen and oxygen atoms in total. The summed E-state index contributed by atoms with van der Waals surface area (Å²) >= 11 is 9.22. The predicted octanol–water partition coefficient (Wildman–Crippen LogP) is 14.1. The van der Waals surface area contributed by atoms with Crippen molar-refractivity contribution in [3.05, 3.63) is 109 Å². The summed E-state index contributed by atoms with van der Waals surface area (Å²) in [6.07, 6.45) is 10.4. The van der Waals surface area contributed by atoms with E-state index in [2.05, 4.69) is 65.0 Å². The van der Waals surface area contributed by atoms with E-state index < -0.39 is 46.7 Å². The molecule has 105 heavy (non-hydrogen) atoms. The maximum atomic E-state index is 12.9. The van der Waals surface area contributed by atoms with E-state index in [0.717, 1.165) is 53.3 Å². The maximum Gasteiger partial charge on any atom is 1.00 e. The van der Waals surface area contributed by atoms with E-state index in [0.29, 0.717) is 71.3 Å². The third-order valence-corrected chi connectivity index (χ3v) is 22.1. The SMILES string of the molecule is CCC(C)(C)C(=O)[O-].CCC(C)C(=O)OCCOc1ccc2sc3ccccc3c(=O)c2c1.CCC(C)c1ccccc1.CCCCC(CC)COC(=O)C(C)(C)CC.CCCCOC(=O)C(C)CC.CCN1C(=O)C(=C2SC=C(CC(=O)OCC(O)COC(=O)C(C)(C)CC)S2)C(=O)N(CC)C1=S.[K+]. The fourth-order valence-corrected chi connectivity index (χ4v) is 12.3. The van der Waals surface area contributed by atoms with Gasteiger partial charge in [0.2, 0.25) is 0 Å². The number of unbranched alkanes of at least 4 members (excludes halogenated alkanes) is 2. The Morgan fingerprint density at radius 2 is 1.09 bits per heavy atom. The Balaban J connectivity index is 0.00000133. The molecule has 1 saturated heterocycles. The molecule has 1 aromatic heterocycles. The van der Waals surface area contributed by atoms with Crippen molar-refractivity contribution in [3.8, 4) is 5.75 Å². The molecule has 1 N–H and O–H groups in total. The average molecular weight is 1560 g/mol. The molecule has 2 aliphatic rings. The molecule has 5 unspecified atom stereocenters. The molecule has 0 spiro atoms. The van der Waals surface area contributed by atoms with Crippen molar-refractivity contribution in [3.63, 3.8) is 0 Å². The van der Waals surface area contributed by atoms with Crippen LogP contribution in [0.1, 0.15) is 233 Å². The Hall–Kier alpha value is -5.02. The Labute approximate surface area is 687 Å². The monoisotopic (exact) mass is 1560 g/mol. The zero-order valence-corrected chi connectivity index (χ0v) is 73.1. The number of carbonyl (C=O) groups is 8. The molecular formula is C81H121KN2O17S4. The molecule has 4 aromatic rings. The molecule has 0 radical (unpaired) electrons. The Bertz CT molecular complexity index is 3450. The number of aliphatic hydroxyl groups excluding tert-OH is 1. The Morgan fingerprint density at radius 3 is 1.57 bits per heavy atom. The van der Waals surface area contributed by atoms with Gasteiger partial charge in [-0.25, -0.2) is 0 Å². The molecular weight excluding hydrogens is 1440 g/mol. The van der Waals surface area contributed by atoms with Crippen molar-refractivity contribution < 1.29 is 128 Å². The predicted molar refractivity (Wildman–Crippen MR) is 424 cm³/mol. The van der Waals surface area contributed by atoms with Gasteiger partial charge in [0.05, 0.1) is 46.5 Å². The summed E-state index contributed by atoms with van der Waals surface area (Å²) in [6.45, 7) is 40.3. The van der Waals surface area contributed by atoms with Gasteiger partial charge in [0.1, 0.15) is 43.9 Å². The summed E-state index contributed by atoms with van der Waals surface area (Å²) in [5.41, 5.74) is -0.133. The fourth-order valence-electron chi connectivity index (χ4n) is 8.53. The van der Waals surface area contributed by atoms with Gasteiger partial charge in [-0.2, -0.15) is 0 Å². The zero-order chi connectivity index (χ0) is 78.9. The number of hydrogen-bond acceptors (Lipinski definition) is 21. The summed E-state index contributed by atoms with van der Waals surface area (Å²) in [7, 11) is 0. The van der Waals surface area contributed by atoms with Crippen molar-refractivity contribution in [2.75, 3.05) is 52.7 Å². The number of thiocarbonyl (C=S) groups is 1. The van der Waals surface area contributed by atoms with Gasteiger partial charge in [-0.3, -0.25) is 48.2 Å². The van der Waals surface area contributed by atoms with Crippen LogP contribution in [0.5, 0.6) is 5.75 Å². The second kappa shape index (κ2) is 52.9. The van der Waals surface area contributed by atoms with E-state index in [1.807, 2.05) is 98.7 Å². The first-order valence-corrected chi connectivity index (χ1v) is 39.8. The van der Waals surface area contributed by atoms with Gasteiger partial charge in [-0.1, -0.05) is 189 Å². The van der Waals surface area contributed by atoms with Crippen LogP contribution in [0.15, 0.2) is 97.7 Å². The van der Waals surface area contributed by atoms with Crippen LogP contribution in [0, 0.1) is 34.0 Å². The number of carbonyl (C=O) groups excluding carboxylic acids is 8. The number of ether oxygens (including phenoxy) is 6. The molecule has 3 heterocycles. The van der Waals surface area contributed by atoms with Crippen molar-refractivity contribution in [2.45, 2.75) is 234 Å². The molecule has 6 rings (SSSR count). The molecule has 0 bridgehead atoms. The number of benzene rings is 3. The molecule has 5 atom stereocenters. The van der Waals surface area contributed by atoms with Crippen LogP contribution < -0.4 is 66.7 Å². The molecule has 1 fully saturated rings. The number of rotatable bonds is 33. The van der Waals surface area contributed by atoms with Crippen LogP contribution in [0.4, 0.5) is 0 Å². The third-order valence-electron chi connectivity index (χ3n) is 18.1. The van der Waals surface area contributed by atoms with Crippen LogP contribution in [-0.2, 0) is 62.0 Å². The number of amides is 2. The van der Waals surface area contributed by atoms with Gasteiger partial charge < -0.3 is 43.4 Å². The smallest absolute Gasteiger partial charge is 0.550 e. The standard InChI is InChI=1S/C22H30N2O7S3.C20H20O4S.C14H28O2.C10H14.C9H18O2.C6H12O2.K/c1-6-22(4,5)20(29)31-11-13(25)10-30-15(26)9-14-12-33-19(34-14)16-17(27)23(7-2)21(32)24(8-3)18(16)28;1-3-13(2)20(22)24-11-10-23-14-8-9-18-16(12-14)19(21)15-6-4-5-7-17(15)25-18;1-6-9-10-12(7-2)11-16-13(15)14(4,5)8-3;1-3-9(2)10-7-5-4-6-8-10;1-4-6-7-11-9(10)8(3)5-2;1-4-6(2,3)5(7)8;/h12-13,25H,6-11H2,1-5H3;4-9,12-13H,3,10-11H2,1-2H3;12H,6-11H2,1-5H3;4-9H,3H2,1-2H3;8H,4-7H2,1-3H3;4H2,1-3H3,(H,7,8);/q;;;;;;+1/p-1. The van der Waals surface area contributed by atoms with Gasteiger partial charge >= 0.3 is 81.2 Å². The quantitative estimate of drug-likeness (QED) is 0.00679. The van der Waals surface area contributed by atoms with Crippen molar-refractivity contribution in [1.29, 1.82) is 0 Å². The third kappa shape index (κ3) is 35.5. The van der Waals surface area contributed by atoms with Gasteiger partial charge in [0, 0.05) is 49.6 Å². The van der Waals surface area contributed by atoms with Crippen molar-refractivity contribution in [1.82, 2.24) is 9.80 Å². The fraction of sp³-hybridized carbons (Fsp3) is 0.605. The number of fused-ring (bicyclic) bond motifs is 2. The van der Waals surface area contributed by atoms with E-state index in [-0.39, 0.29) is 136 Å². The van der Waals surface area contributed by atoms with E-state index >= 15 is 0 Å². The normalized spacial score (nSPS) is 14.2. The largest absolute Gasteiger partial charge is 1.00 e. The number of nitrogens with zero attached hydrogens (tertiary/aromatic N) is 2. The summed E-state index contributed by atoms with van der Waals surface area (Å²) in [4.78, 5) is 110. The average Bonchev–Trinajstić information content (AvgIpc) is 1.76. The Kier molecular flexibility index (Phi) is 50.4. The van der Waals surface area contributed by atoms with Gasteiger partial charge in [0.25, 0.3) is 11.8 Å². The molecule has 0 aliphatic carbocycles. The number of esters is 5. The molecule has 2 aliphatic heterocycles. The van der Waals surface area contributed by atoms with Crippen molar-refractivity contribution >= 4 is 120 Å². The second-order valence-corrected chi connectivity index (χ2v) is 31.2. The topological polar surface area (TPSA) is 259 Å². The molecule has 0 saturated carbocycles. The summed E-state index contributed by atoms with van der Waals surface area (Å²) in [6, 6.07) is 23.7. The second-order valence-electron chi connectivity index (χ2n) is 27.4. The van der Waals surface area contributed by atoms with E-state index in [1.54, 1.807) is 64.4 Å². The molecule has 24 heteroatoms. The number of hydrogen-bond donors (Lipinski definition) is 1. The summed E-state index contributed by atoms with van der Waals surface area (Å²) < 4.78 is 33.8. The number of aliphatic carboxylic acids is 1. The van der Waals surface area contributed by atoms with Crippen LogP contribution in [0.25, 0.3) is 20.2 Å². The van der Waals surface area contributed by atoms with E-state index in [1.165, 1.54) is 64.6 Å². The van der Waals surface area contributed by atoms with E-state index in [9.17, 15) is 53.4 Å². The molecule has 3 aromatic carbocycles. The minimum absolute atomic E-state index is 0. The summed E-state index contributed by atoms with van der Waals surface area (Å²) in [5, 5.41) is 23.4. The number of carboxylic acids is 1. The van der Waals surface area contributed by atoms with Gasteiger partial charge in [0.15, 0.2) is 10.5 Å². The van der Waals surface area contributed by atoms with Gasteiger partial charge in [-0.05, 0) is 158 Å². The van der Waals surface area contributed by atoms with Gasteiger partial charge in [-0.15, -0.1) is 11.3 Å². The van der Waals surface area contributed by atoms with Crippen LogP contribution in [0.2, 0.25) is 0 Å². The number of thioether (sulfide) groups is 2. The number of aliphatic hydroxyl groups is 1. The maximum absolute atomic E-state index is 12.9. The minimum Gasteiger partial charge on any atom is -0.550 e.